The highest BCUT2D eigenvalue weighted by molar-refractivity contribution is 7.89. The van der Waals surface area contributed by atoms with Crippen LogP contribution in [0.1, 0.15) is 18.4 Å². The molecule has 0 bridgehead atoms. The molecule has 0 aliphatic carbocycles. The fourth-order valence-corrected chi connectivity index (χ4v) is 3.16. The summed E-state index contributed by atoms with van der Waals surface area (Å²) < 4.78 is 23.1. The van der Waals surface area contributed by atoms with Crippen molar-refractivity contribution in [3.05, 3.63) is 35.9 Å². The average molecular weight is 283 g/mol. The van der Waals surface area contributed by atoms with Gasteiger partial charge in [0.2, 0.25) is 15.9 Å². The number of nitrogens with one attached hydrogen (secondary N) is 1. The van der Waals surface area contributed by atoms with Crippen molar-refractivity contribution in [2.75, 3.05) is 0 Å². The molecule has 1 saturated heterocycles. The molecule has 0 saturated carbocycles. The third-order valence-electron chi connectivity index (χ3n) is 2.82. The van der Waals surface area contributed by atoms with Crippen LogP contribution in [-0.4, -0.2) is 30.6 Å². The Morgan fingerprint density at radius 1 is 1.32 bits per heavy atom. The van der Waals surface area contributed by atoms with Gasteiger partial charge in [-0.2, -0.15) is 0 Å². The highest BCUT2D eigenvalue weighted by Gasteiger charge is 2.55. The van der Waals surface area contributed by atoms with Crippen molar-refractivity contribution in [2.45, 2.75) is 18.2 Å². The number of carbonyl (C=O) groups is 2. The van der Waals surface area contributed by atoms with Gasteiger partial charge in [0.25, 0.3) is 5.91 Å². The molecule has 1 aromatic carbocycles. The van der Waals surface area contributed by atoms with Crippen LogP contribution in [0.5, 0.6) is 0 Å². The zero-order valence-corrected chi connectivity index (χ0v) is 10.9. The first-order chi connectivity index (χ1) is 8.82. The molecule has 3 N–H and O–H groups in total. The Labute approximate surface area is 110 Å². The molecule has 2 atom stereocenters. The van der Waals surface area contributed by atoms with Gasteiger partial charge >= 0.3 is 0 Å². The topological polar surface area (TPSA) is 110 Å². The maximum absolute atomic E-state index is 11.9. The van der Waals surface area contributed by atoms with Crippen LogP contribution in [0.15, 0.2) is 30.3 Å². The van der Waals surface area contributed by atoms with Gasteiger partial charge in [0.15, 0.2) is 5.37 Å². The zero-order valence-electron chi connectivity index (χ0n) is 10.1. The normalized spacial score (nSPS) is 22.8. The summed E-state index contributed by atoms with van der Waals surface area (Å²) in [7, 11) is -4.00. The number of nitrogens with two attached hydrogens (primary N) is 1. The number of amides is 2. The number of hydrogen-bond donors (Lipinski definition) is 2. The summed E-state index contributed by atoms with van der Waals surface area (Å²) in [5.74, 6) is -1.92. The Balaban J connectivity index is 2.36. The van der Waals surface area contributed by atoms with Gasteiger partial charge in [0, 0.05) is 6.92 Å². The molecule has 1 heterocycles. The predicted octanol–water partition coefficient (Wildman–Crippen LogP) is -0.722. The van der Waals surface area contributed by atoms with Gasteiger partial charge in [0.1, 0.15) is 5.92 Å². The van der Waals surface area contributed by atoms with Gasteiger partial charge < -0.3 is 0 Å². The maximum atomic E-state index is 11.9. The predicted molar refractivity (Wildman–Crippen MR) is 66.7 cm³/mol. The molecule has 0 spiro atoms. The Morgan fingerprint density at radius 2 is 1.89 bits per heavy atom. The van der Waals surface area contributed by atoms with E-state index in [2.05, 4.69) is 5.43 Å². The summed E-state index contributed by atoms with van der Waals surface area (Å²) in [6.45, 7) is 1.18. The van der Waals surface area contributed by atoms with Crippen LogP contribution in [0, 0.1) is 0 Å². The van der Waals surface area contributed by atoms with Crippen molar-refractivity contribution < 1.29 is 18.0 Å². The molecule has 2 rings (SSSR count). The summed E-state index contributed by atoms with van der Waals surface area (Å²) in [4.78, 5) is 22.9. The summed E-state index contributed by atoms with van der Waals surface area (Å²) >= 11 is 0. The van der Waals surface area contributed by atoms with Crippen molar-refractivity contribution in [2.24, 2.45) is 5.14 Å². The molecule has 8 heteroatoms. The van der Waals surface area contributed by atoms with Crippen LogP contribution in [0.2, 0.25) is 0 Å². The highest BCUT2D eigenvalue weighted by atomic mass is 32.2. The molecule has 1 aliphatic heterocycles. The smallest absolute Gasteiger partial charge is 0.253 e. The van der Waals surface area contributed by atoms with E-state index in [1.54, 1.807) is 30.3 Å². The van der Waals surface area contributed by atoms with Gasteiger partial charge in [-0.15, -0.1) is 0 Å². The lowest BCUT2D eigenvalue weighted by molar-refractivity contribution is -0.155. The minimum absolute atomic E-state index is 0.500. The second kappa shape index (κ2) is 4.63. The number of benzene rings is 1. The van der Waals surface area contributed by atoms with Gasteiger partial charge in [-0.3, -0.25) is 15.0 Å². The number of nitrogens with zero attached hydrogens (tertiary/aromatic N) is 1. The number of primary sulfonamides is 1. The molecule has 7 nitrogen and oxygen atoms in total. The van der Waals surface area contributed by atoms with Crippen molar-refractivity contribution in [1.29, 1.82) is 0 Å². The van der Waals surface area contributed by atoms with Gasteiger partial charge in [-0.25, -0.2) is 18.6 Å². The number of β-lactam (4-membered cyclic amide) rings is 1. The molecule has 1 aliphatic rings. The Hall–Kier alpha value is -1.93. The van der Waals surface area contributed by atoms with E-state index in [1.165, 1.54) is 6.92 Å². The van der Waals surface area contributed by atoms with Crippen LogP contribution in [0.25, 0.3) is 0 Å². The summed E-state index contributed by atoms with van der Waals surface area (Å²) in [6, 6.07) is 8.44. The fourth-order valence-electron chi connectivity index (χ4n) is 2.06. The van der Waals surface area contributed by atoms with Gasteiger partial charge in [0.05, 0.1) is 0 Å². The second-order valence-electron chi connectivity index (χ2n) is 4.24. The van der Waals surface area contributed by atoms with E-state index in [-0.39, 0.29) is 0 Å². The molecular formula is C11H13N3O4S. The van der Waals surface area contributed by atoms with Crippen molar-refractivity contribution in [1.82, 2.24) is 10.4 Å². The van der Waals surface area contributed by atoms with Crippen LogP contribution in [-0.2, 0) is 19.6 Å². The molecule has 2 amide bonds. The Bertz CT molecular complexity index is 614. The molecular weight excluding hydrogens is 270 g/mol. The maximum Gasteiger partial charge on any atom is 0.253 e. The SMILES string of the molecule is CC(=O)NN1C(=O)C(c2ccccc2)C1S(N)(=O)=O. The standard InChI is InChI=1S/C11H13N3O4S/c1-7(15)13-14-10(16)9(11(14)19(12,17)18)8-5-3-2-4-6-8/h2-6,9,11H,1H3,(H,13,15)(H2,12,17,18). The quantitative estimate of drug-likeness (QED) is 0.713. The molecule has 102 valence electrons. The van der Waals surface area contributed by atoms with Crippen LogP contribution in [0.4, 0.5) is 0 Å². The van der Waals surface area contributed by atoms with E-state index in [1.807, 2.05) is 0 Å². The molecule has 0 aromatic heterocycles. The van der Waals surface area contributed by atoms with Crippen molar-refractivity contribution in [3.8, 4) is 0 Å². The number of sulfonamides is 1. The second-order valence-corrected chi connectivity index (χ2v) is 5.91. The number of carbonyl (C=O) groups excluding carboxylic acids is 2. The first kappa shape index (κ1) is 13.5. The third kappa shape index (κ3) is 2.45. The highest BCUT2D eigenvalue weighted by Crippen LogP contribution is 2.36. The lowest BCUT2D eigenvalue weighted by atomic mass is 9.91. The largest absolute Gasteiger partial charge is 0.274 e. The molecule has 19 heavy (non-hydrogen) atoms. The molecule has 1 aromatic rings. The van der Waals surface area contributed by atoms with Crippen LogP contribution >= 0.6 is 0 Å². The van der Waals surface area contributed by atoms with Crippen LogP contribution in [0.3, 0.4) is 0 Å². The molecule has 1 fully saturated rings. The zero-order chi connectivity index (χ0) is 14.2. The number of rotatable bonds is 3. The van der Waals surface area contributed by atoms with E-state index in [0.29, 0.717) is 5.56 Å². The summed E-state index contributed by atoms with van der Waals surface area (Å²) in [6.07, 6.45) is 0. The monoisotopic (exact) mass is 283 g/mol. The van der Waals surface area contributed by atoms with E-state index in [0.717, 1.165) is 5.01 Å². The Morgan fingerprint density at radius 3 is 2.37 bits per heavy atom. The van der Waals surface area contributed by atoms with Crippen molar-refractivity contribution >= 4 is 21.8 Å². The minimum atomic E-state index is -4.00. The fraction of sp³-hybridized carbons (Fsp3) is 0.273. The first-order valence-electron chi connectivity index (χ1n) is 5.49. The first-order valence-corrected chi connectivity index (χ1v) is 7.10. The van der Waals surface area contributed by atoms with Gasteiger partial charge in [-0.05, 0) is 5.56 Å². The van der Waals surface area contributed by atoms with E-state index < -0.39 is 33.1 Å². The van der Waals surface area contributed by atoms with E-state index >= 15 is 0 Å². The number of hydrazine groups is 1. The average Bonchev–Trinajstić information content (AvgIpc) is 2.32. The van der Waals surface area contributed by atoms with Gasteiger partial charge in [-0.1, -0.05) is 30.3 Å². The van der Waals surface area contributed by atoms with E-state index in [9.17, 15) is 18.0 Å². The summed E-state index contributed by atoms with van der Waals surface area (Å²) in [5.41, 5.74) is 2.72. The summed E-state index contributed by atoms with van der Waals surface area (Å²) in [5, 5.41) is 4.61. The van der Waals surface area contributed by atoms with Crippen LogP contribution < -0.4 is 10.6 Å². The lowest BCUT2D eigenvalue weighted by Gasteiger charge is -2.44. The van der Waals surface area contributed by atoms with Crippen molar-refractivity contribution in [3.63, 3.8) is 0 Å². The third-order valence-corrected chi connectivity index (χ3v) is 3.97. The number of hydrogen-bond acceptors (Lipinski definition) is 4. The molecule has 2 unspecified atom stereocenters. The lowest BCUT2D eigenvalue weighted by Crippen LogP contribution is -2.69. The Kier molecular flexibility index (Phi) is 3.29. The minimum Gasteiger partial charge on any atom is -0.274 e. The molecule has 0 radical (unpaired) electrons. The van der Waals surface area contributed by atoms with E-state index in [4.69, 9.17) is 5.14 Å².